The molecule has 0 spiro atoms. The molecule has 4 aromatic heterocycles. The summed E-state index contributed by atoms with van der Waals surface area (Å²) in [7, 11) is 0. The van der Waals surface area contributed by atoms with E-state index in [9.17, 15) is 0 Å². The molecule has 0 unspecified atom stereocenters. The van der Waals surface area contributed by atoms with Gasteiger partial charge in [-0.25, -0.2) is 15.0 Å². The molecule has 14 aromatic rings. The van der Waals surface area contributed by atoms with Crippen molar-refractivity contribution < 1.29 is 4.42 Å². The van der Waals surface area contributed by atoms with Crippen LogP contribution in [0.5, 0.6) is 0 Å². The standard InChI is InChI=1S/C63H39N5O/c1-4-19-40(20-5-1)42-37-38-47-55(39-42)68(54-34-17-29-45(59(47)54)44-28-16-33-53-58(44)46-25-10-13-31-51(46)67(53)43-23-8-3-9-24-43)52-32-14-11-26-48(52)62-64-61(41-21-6-2-7-22-41)65-63(66-62)50-30-18-36-57-60(50)49-27-12-15-35-56(49)69-57/h1-39H. The van der Waals surface area contributed by atoms with E-state index >= 15 is 0 Å². The van der Waals surface area contributed by atoms with Crippen molar-refractivity contribution in [3.63, 3.8) is 0 Å². The second-order valence-corrected chi connectivity index (χ2v) is 17.5. The molecule has 14 rings (SSSR count). The maximum Gasteiger partial charge on any atom is 0.166 e. The van der Waals surface area contributed by atoms with E-state index in [4.69, 9.17) is 19.4 Å². The first-order valence-electron chi connectivity index (χ1n) is 23.3. The largest absolute Gasteiger partial charge is 0.456 e. The lowest BCUT2D eigenvalue weighted by atomic mass is 9.95. The van der Waals surface area contributed by atoms with Crippen molar-refractivity contribution in [1.82, 2.24) is 24.1 Å². The second-order valence-electron chi connectivity index (χ2n) is 17.5. The van der Waals surface area contributed by atoms with Gasteiger partial charge in [0.1, 0.15) is 11.2 Å². The molecule has 0 radical (unpaired) electrons. The average molecular weight is 882 g/mol. The number of rotatable bonds is 7. The van der Waals surface area contributed by atoms with Crippen LogP contribution in [0.1, 0.15) is 0 Å². The van der Waals surface area contributed by atoms with E-state index < -0.39 is 0 Å². The molecule has 0 saturated heterocycles. The van der Waals surface area contributed by atoms with Gasteiger partial charge in [0.15, 0.2) is 17.5 Å². The Morgan fingerprint density at radius 3 is 1.58 bits per heavy atom. The number of nitrogens with zero attached hydrogens (tertiary/aromatic N) is 5. The minimum atomic E-state index is 0.572. The highest BCUT2D eigenvalue weighted by Crippen LogP contribution is 2.46. The first-order valence-corrected chi connectivity index (χ1v) is 23.3. The molecule has 0 aliphatic heterocycles. The van der Waals surface area contributed by atoms with E-state index in [-0.39, 0.29) is 0 Å². The van der Waals surface area contributed by atoms with E-state index in [2.05, 4.69) is 197 Å². The third-order valence-electron chi connectivity index (χ3n) is 13.6. The normalized spacial score (nSPS) is 11.8. The van der Waals surface area contributed by atoms with Gasteiger partial charge >= 0.3 is 0 Å². The molecule has 0 aliphatic rings. The van der Waals surface area contributed by atoms with Crippen LogP contribution in [0.4, 0.5) is 0 Å². The molecule has 6 nitrogen and oxygen atoms in total. The van der Waals surface area contributed by atoms with Gasteiger partial charge in [-0.3, -0.25) is 0 Å². The van der Waals surface area contributed by atoms with Crippen LogP contribution in [-0.4, -0.2) is 24.1 Å². The molecule has 0 saturated carbocycles. The summed E-state index contributed by atoms with van der Waals surface area (Å²) in [6.07, 6.45) is 0. The van der Waals surface area contributed by atoms with Crippen LogP contribution in [0.15, 0.2) is 241 Å². The highest BCUT2D eigenvalue weighted by molar-refractivity contribution is 6.22. The molecule has 4 heterocycles. The zero-order valence-electron chi connectivity index (χ0n) is 37.2. The summed E-state index contributed by atoms with van der Waals surface area (Å²) >= 11 is 0. The topological polar surface area (TPSA) is 61.7 Å². The Labute approximate surface area is 396 Å². The van der Waals surface area contributed by atoms with Crippen LogP contribution in [0.2, 0.25) is 0 Å². The molecule has 69 heavy (non-hydrogen) atoms. The molecule has 0 bridgehead atoms. The SMILES string of the molecule is c1ccc(-c2ccc3c4c(-c5cccc6c5c5ccccc5n6-c5ccccc5)cccc4n(-c4ccccc4-c4nc(-c5ccccc5)nc(-c5cccc6oc7ccccc7c56)n4)c3c2)cc1. The summed E-state index contributed by atoms with van der Waals surface area (Å²) in [6.45, 7) is 0. The fourth-order valence-corrected chi connectivity index (χ4v) is 10.6. The van der Waals surface area contributed by atoms with Gasteiger partial charge < -0.3 is 13.6 Å². The molecule has 10 aromatic carbocycles. The van der Waals surface area contributed by atoms with Crippen molar-refractivity contribution >= 4 is 65.6 Å². The van der Waals surface area contributed by atoms with Crippen LogP contribution in [0, 0.1) is 0 Å². The van der Waals surface area contributed by atoms with Gasteiger partial charge in [0.05, 0.1) is 27.8 Å². The molecule has 0 fully saturated rings. The number of aromatic nitrogens is 5. The Kier molecular flexibility index (Phi) is 8.79. The number of hydrogen-bond donors (Lipinski definition) is 0. The van der Waals surface area contributed by atoms with Gasteiger partial charge in [-0.2, -0.15) is 0 Å². The van der Waals surface area contributed by atoms with Gasteiger partial charge in [-0.05, 0) is 82.9 Å². The Bertz CT molecular complexity index is 4300. The predicted molar refractivity (Wildman–Crippen MR) is 283 cm³/mol. The lowest BCUT2D eigenvalue weighted by molar-refractivity contribution is 0.669. The van der Waals surface area contributed by atoms with Crippen molar-refractivity contribution in [3.05, 3.63) is 237 Å². The van der Waals surface area contributed by atoms with Crippen molar-refractivity contribution in [2.75, 3.05) is 0 Å². The number of fused-ring (bicyclic) bond motifs is 9. The summed E-state index contributed by atoms with van der Waals surface area (Å²) in [5.41, 5.74) is 15.5. The zero-order chi connectivity index (χ0) is 45.4. The number of benzene rings is 10. The summed E-state index contributed by atoms with van der Waals surface area (Å²) in [6, 6.07) is 83.4. The number of hydrogen-bond acceptors (Lipinski definition) is 4. The fraction of sp³-hybridized carbons (Fsp3) is 0. The van der Waals surface area contributed by atoms with Gasteiger partial charge in [-0.1, -0.05) is 176 Å². The molecular formula is C63H39N5O. The second kappa shape index (κ2) is 15.6. The predicted octanol–water partition coefficient (Wildman–Crippen LogP) is 16.3. The lowest BCUT2D eigenvalue weighted by Gasteiger charge is -2.15. The molecule has 6 heteroatoms. The van der Waals surface area contributed by atoms with Gasteiger partial charge in [0, 0.05) is 54.7 Å². The summed E-state index contributed by atoms with van der Waals surface area (Å²) < 4.78 is 11.2. The first kappa shape index (κ1) is 38.8. The Morgan fingerprint density at radius 2 is 0.812 bits per heavy atom. The molecule has 0 amide bonds. The minimum absolute atomic E-state index is 0.572. The molecule has 322 valence electrons. The van der Waals surface area contributed by atoms with Crippen molar-refractivity contribution in [2.45, 2.75) is 0 Å². The van der Waals surface area contributed by atoms with E-state index in [1.165, 1.54) is 27.2 Å². The highest BCUT2D eigenvalue weighted by atomic mass is 16.3. The maximum absolute atomic E-state index is 6.37. The van der Waals surface area contributed by atoms with Crippen LogP contribution in [0.25, 0.3) is 133 Å². The van der Waals surface area contributed by atoms with E-state index in [0.717, 1.165) is 88.6 Å². The highest BCUT2D eigenvalue weighted by Gasteiger charge is 2.24. The van der Waals surface area contributed by atoms with Gasteiger partial charge in [-0.15, -0.1) is 0 Å². The Morgan fingerprint density at radius 1 is 0.290 bits per heavy atom. The molecular weight excluding hydrogens is 843 g/mol. The smallest absolute Gasteiger partial charge is 0.166 e. The van der Waals surface area contributed by atoms with Crippen molar-refractivity contribution in [1.29, 1.82) is 0 Å². The van der Waals surface area contributed by atoms with Crippen molar-refractivity contribution in [3.8, 4) is 67.8 Å². The van der Waals surface area contributed by atoms with E-state index in [0.29, 0.717) is 17.5 Å². The summed E-state index contributed by atoms with van der Waals surface area (Å²) in [5.74, 6) is 1.74. The van der Waals surface area contributed by atoms with Gasteiger partial charge in [0.2, 0.25) is 0 Å². The number of furan rings is 1. The Balaban J connectivity index is 1.05. The van der Waals surface area contributed by atoms with E-state index in [1.54, 1.807) is 0 Å². The van der Waals surface area contributed by atoms with Gasteiger partial charge in [0.25, 0.3) is 0 Å². The molecule has 0 aliphatic carbocycles. The minimum Gasteiger partial charge on any atom is -0.456 e. The zero-order valence-corrected chi connectivity index (χ0v) is 37.2. The van der Waals surface area contributed by atoms with Crippen LogP contribution in [0.3, 0.4) is 0 Å². The quantitative estimate of drug-likeness (QED) is 0.160. The summed E-state index contributed by atoms with van der Waals surface area (Å²) in [4.78, 5) is 15.9. The fourth-order valence-electron chi connectivity index (χ4n) is 10.6. The molecule has 0 N–H and O–H groups in total. The van der Waals surface area contributed by atoms with Crippen molar-refractivity contribution in [2.24, 2.45) is 0 Å². The Hall–Kier alpha value is -9.39. The third-order valence-corrected chi connectivity index (χ3v) is 13.6. The first-order chi connectivity index (χ1) is 34.2. The third kappa shape index (κ3) is 6.16. The maximum atomic E-state index is 6.37. The van der Waals surface area contributed by atoms with Crippen LogP contribution >= 0.6 is 0 Å². The molecule has 0 atom stereocenters. The van der Waals surface area contributed by atoms with Crippen LogP contribution in [-0.2, 0) is 0 Å². The van der Waals surface area contributed by atoms with Crippen LogP contribution < -0.4 is 0 Å². The average Bonchev–Trinajstić information content (AvgIpc) is 4.09. The number of para-hydroxylation sites is 4. The van der Waals surface area contributed by atoms with E-state index in [1.807, 2.05) is 48.5 Å². The monoisotopic (exact) mass is 881 g/mol. The lowest BCUT2D eigenvalue weighted by Crippen LogP contribution is -2.03. The summed E-state index contributed by atoms with van der Waals surface area (Å²) in [5, 5.41) is 6.75.